The molecule has 0 aliphatic rings. The maximum Gasteiger partial charge on any atom is 0.416 e. The van der Waals surface area contributed by atoms with Crippen LogP contribution < -0.4 is 0 Å². The standard InChI is InChI=1S/C17H31F3N2Si3/c1-23(2,3)21-16(22(24(4,5)6)25(7,8)9)14-11-10-12-15(13-14)17(18,19)20/h10-13H,1-9H3/b21-16+. The van der Waals surface area contributed by atoms with Gasteiger partial charge in [0.05, 0.1) is 5.56 Å². The molecule has 8 heteroatoms. The first-order chi connectivity index (χ1) is 10.9. The van der Waals surface area contributed by atoms with Gasteiger partial charge in [-0.1, -0.05) is 51.4 Å². The maximum atomic E-state index is 13.2. The third-order valence-electron chi connectivity index (χ3n) is 3.44. The van der Waals surface area contributed by atoms with Crippen molar-refractivity contribution in [2.45, 2.75) is 65.1 Å². The lowest BCUT2D eigenvalue weighted by Crippen LogP contribution is -2.62. The SMILES string of the molecule is C[Si](C)(C)/N=C(\c1cccc(C(F)(F)F)c1)N([Si](C)(C)C)[Si](C)(C)C. The Labute approximate surface area is 153 Å². The summed E-state index contributed by atoms with van der Waals surface area (Å²) in [7, 11) is -5.53. The molecule has 0 spiro atoms. The topological polar surface area (TPSA) is 15.6 Å². The first kappa shape index (κ1) is 22.2. The Morgan fingerprint density at radius 3 is 1.72 bits per heavy atom. The van der Waals surface area contributed by atoms with Crippen molar-refractivity contribution in [1.29, 1.82) is 0 Å². The van der Waals surface area contributed by atoms with Crippen molar-refractivity contribution in [3.8, 4) is 0 Å². The van der Waals surface area contributed by atoms with Gasteiger partial charge in [0.25, 0.3) is 0 Å². The molecule has 0 aliphatic heterocycles. The number of hydrogen-bond acceptors (Lipinski definition) is 1. The predicted octanol–water partition coefficient (Wildman–Crippen LogP) is 6.26. The van der Waals surface area contributed by atoms with Crippen molar-refractivity contribution in [2.75, 3.05) is 0 Å². The van der Waals surface area contributed by atoms with Gasteiger partial charge >= 0.3 is 6.18 Å². The molecular weight excluding hydrogens is 373 g/mol. The number of rotatable bonds is 4. The molecule has 0 bridgehead atoms. The van der Waals surface area contributed by atoms with Crippen molar-refractivity contribution in [3.63, 3.8) is 0 Å². The van der Waals surface area contributed by atoms with Gasteiger partial charge in [0.15, 0.2) is 8.24 Å². The summed E-state index contributed by atoms with van der Waals surface area (Å²) >= 11 is 0. The molecule has 0 saturated heterocycles. The summed E-state index contributed by atoms with van der Waals surface area (Å²) in [5.41, 5.74) is -0.0264. The molecule has 25 heavy (non-hydrogen) atoms. The Hall–Kier alpha value is -0.869. The van der Waals surface area contributed by atoms with Crippen LogP contribution in [0.3, 0.4) is 0 Å². The summed E-state index contributed by atoms with van der Waals surface area (Å²) < 4.78 is 47.1. The van der Waals surface area contributed by atoms with E-state index in [0.29, 0.717) is 5.56 Å². The third kappa shape index (κ3) is 6.41. The van der Waals surface area contributed by atoms with Gasteiger partial charge in [-0.2, -0.15) is 13.2 Å². The van der Waals surface area contributed by atoms with Gasteiger partial charge in [-0.25, -0.2) is 0 Å². The lowest BCUT2D eigenvalue weighted by Gasteiger charge is -2.47. The molecule has 1 rings (SSSR count). The summed E-state index contributed by atoms with van der Waals surface area (Å²) in [6.45, 7) is 19.8. The van der Waals surface area contributed by atoms with Gasteiger partial charge in [-0.05, 0) is 31.8 Å². The average molecular weight is 405 g/mol. The van der Waals surface area contributed by atoms with Crippen molar-refractivity contribution in [3.05, 3.63) is 35.4 Å². The molecule has 0 aliphatic carbocycles. The molecule has 0 atom stereocenters. The number of hydrogen-bond donors (Lipinski definition) is 0. The summed E-state index contributed by atoms with van der Waals surface area (Å²) in [4.78, 5) is 0. The Morgan fingerprint density at radius 2 is 1.36 bits per heavy atom. The van der Waals surface area contributed by atoms with Crippen molar-refractivity contribution in [1.82, 2.24) is 4.23 Å². The number of benzene rings is 1. The fourth-order valence-corrected chi connectivity index (χ4v) is 13.8. The van der Waals surface area contributed by atoms with E-state index in [1.165, 1.54) is 12.1 Å². The fraction of sp³-hybridized carbons (Fsp3) is 0.588. The molecule has 0 fully saturated rings. The van der Waals surface area contributed by atoms with E-state index in [-0.39, 0.29) is 0 Å². The van der Waals surface area contributed by atoms with Gasteiger partial charge in [0.2, 0.25) is 0 Å². The van der Waals surface area contributed by atoms with Crippen LogP contribution in [-0.2, 0) is 6.18 Å². The van der Waals surface area contributed by atoms with Crippen LogP contribution in [0, 0.1) is 0 Å². The minimum atomic E-state index is -4.34. The lowest BCUT2D eigenvalue weighted by atomic mass is 10.1. The molecule has 0 radical (unpaired) electrons. The van der Waals surface area contributed by atoms with Gasteiger partial charge in [0.1, 0.15) is 22.3 Å². The normalized spacial score (nSPS) is 14.6. The summed E-state index contributed by atoms with van der Waals surface area (Å²) in [6.07, 6.45) is -4.34. The quantitative estimate of drug-likeness (QED) is 0.328. The van der Waals surface area contributed by atoms with Crippen molar-refractivity contribution >= 4 is 30.5 Å². The fourth-order valence-electron chi connectivity index (χ4n) is 3.04. The van der Waals surface area contributed by atoms with Crippen molar-refractivity contribution < 1.29 is 13.2 Å². The Balaban J connectivity index is 3.69. The van der Waals surface area contributed by atoms with Gasteiger partial charge in [0, 0.05) is 5.56 Å². The second-order valence-electron chi connectivity index (χ2n) is 9.36. The molecular formula is C17H31F3N2Si3. The van der Waals surface area contributed by atoms with Crippen molar-refractivity contribution in [2.24, 2.45) is 4.66 Å². The molecule has 0 aromatic heterocycles. The number of nitrogens with zero attached hydrogens (tertiary/aromatic N) is 2. The number of halogens is 3. The summed E-state index contributed by atoms with van der Waals surface area (Å²) in [5, 5.41) is 0. The molecule has 1 aromatic carbocycles. The van der Waals surface area contributed by atoms with E-state index >= 15 is 0 Å². The molecule has 0 saturated carbocycles. The monoisotopic (exact) mass is 404 g/mol. The molecule has 1 aromatic rings. The van der Waals surface area contributed by atoms with Crippen LogP contribution in [0.1, 0.15) is 11.1 Å². The van der Waals surface area contributed by atoms with Crippen LogP contribution in [0.5, 0.6) is 0 Å². The molecule has 0 N–H and O–H groups in total. The highest BCUT2D eigenvalue weighted by Crippen LogP contribution is 2.31. The number of alkyl halides is 3. The van der Waals surface area contributed by atoms with Crippen LogP contribution in [0.2, 0.25) is 58.9 Å². The second-order valence-corrected chi connectivity index (χ2v) is 24.0. The molecule has 0 amide bonds. The Kier molecular flexibility index (Phi) is 6.24. The maximum absolute atomic E-state index is 13.2. The highest BCUT2D eigenvalue weighted by Gasteiger charge is 2.39. The molecule has 0 unspecified atom stereocenters. The van der Waals surface area contributed by atoms with Crippen LogP contribution in [0.15, 0.2) is 28.9 Å². The first-order valence-electron chi connectivity index (χ1n) is 8.51. The third-order valence-corrected chi connectivity index (χ3v) is 11.5. The molecule has 142 valence electrons. The van der Waals surface area contributed by atoms with E-state index in [0.717, 1.165) is 11.9 Å². The van der Waals surface area contributed by atoms with E-state index in [1.807, 2.05) is 0 Å². The zero-order valence-corrected chi connectivity index (χ0v) is 19.8. The zero-order valence-electron chi connectivity index (χ0n) is 16.8. The van der Waals surface area contributed by atoms with Crippen LogP contribution in [-0.4, -0.2) is 34.8 Å². The minimum absolute atomic E-state index is 0.585. The van der Waals surface area contributed by atoms with E-state index in [1.54, 1.807) is 6.07 Å². The lowest BCUT2D eigenvalue weighted by molar-refractivity contribution is -0.137. The van der Waals surface area contributed by atoms with E-state index < -0.39 is 36.4 Å². The van der Waals surface area contributed by atoms with Gasteiger partial charge in [-0.3, -0.25) is 0 Å². The van der Waals surface area contributed by atoms with Crippen LogP contribution >= 0.6 is 0 Å². The predicted molar refractivity (Wildman–Crippen MR) is 110 cm³/mol. The van der Waals surface area contributed by atoms with Crippen LogP contribution in [0.25, 0.3) is 0 Å². The number of amidine groups is 1. The molecule has 0 heterocycles. The van der Waals surface area contributed by atoms with Gasteiger partial charge < -0.3 is 8.89 Å². The highest BCUT2D eigenvalue weighted by molar-refractivity contribution is 6.93. The first-order valence-corrected chi connectivity index (χ1v) is 18.8. The van der Waals surface area contributed by atoms with E-state index in [9.17, 15) is 13.2 Å². The largest absolute Gasteiger partial charge is 0.416 e. The highest BCUT2D eigenvalue weighted by atomic mass is 28.4. The Bertz CT molecular complexity index is 622. The smallest absolute Gasteiger partial charge is 0.410 e. The van der Waals surface area contributed by atoms with Gasteiger partial charge in [-0.15, -0.1) is 0 Å². The average Bonchev–Trinajstić information content (AvgIpc) is 2.32. The molecule has 2 nitrogen and oxygen atoms in total. The van der Waals surface area contributed by atoms with E-state index in [4.69, 9.17) is 4.66 Å². The second kappa shape index (κ2) is 7.03. The minimum Gasteiger partial charge on any atom is -0.410 e. The van der Waals surface area contributed by atoms with E-state index in [2.05, 4.69) is 63.2 Å². The summed E-state index contributed by atoms with van der Waals surface area (Å²) in [6, 6.07) is 5.64. The zero-order chi connectivity index (χ0) is 19.8. The Morgan fingerprint density at radius 1 is 0.880 bits per heavy atom. The van der Waals surface area contributed by atoms with Crippen LogP contribution in [0.4, 0.5) is 13.2 Å². The summed E-state index contributed by atoms with van der Waals surface area (Å²) in [5.74, 6) is 0.767.